The molecule has 0 bridgehead atoms. The van der Waals surface area contributed by atoms with E-state index in [2.05, 4.69) is 20.0 Å². The summed E-state index contributed by atoms with van der Waals surface area (Å²) in [4.78, 5) is 8.40. The zero-order valence-corrected chi connectivity index (χ0v) is 11.9. The van der Waals surface area contributed by atoms with E-state index in [0.29, 0.717) is 12.1 Å². The molecule has 6 heteroatoms. The highest BCUT2D eigenvalue weighted by Gasteiger charge is 2.14. The van der Waals surface area contributed by atoms with Crippen molar-refractivity contribution in [1.82, 2.24) is 15.3 Å². The fraction of sp³-hybridized carbons (Fsp3) is 0.333. The van der Waals surface area contributed by atoms with E-state index >= 15 is 0 Å². The molecule has 0 radical (unpaired) electrons. The first kappa shape index (κ1) is 15.3. The van der Waals surface area contributed by atoms with Crippen molar-refractivity contribution < 1.29 is 13.5 Å². The number of hydrogen-bond donors (Lipinski definition) is 1. The lowest BCUT2D eigenvalue weighted by atomic mass is 10.1. The van der Waals surface area contributed by atoms with Gasteiger partial charge in [-0.2, -0.15) is 8.78 Å². The molecule has 0 aliphatic heterocycles. The molecule has 0 aliphatic rings. The maximum Gasteiger partial charge on any atom is 0.387 e. The van der Waals surface area contributed by atoms with Crippen molar-refractivity contribution in [3.63, 3.8) is 0 Å². The van der Waals surface area contributed by atoms with Gasteiger partial charge in [-0.3, -0.25) is 9.97 Å². The molecule has 21 heavy (non-hydrogen) atoms. The minimum Gasteiger partial charge on any atom is -0.434 e. The Balaban J connectivity index is 2.03. The molecule has 1 heterocycles. The molecule has 0 saturated heterocycles. The van der Waals surface area contributed by atoms with Crippen LogP contribution in [0.2, 0.25) is 0 Å². The van der Waals surface area contributed by atoms with Crippen molar-refractivity contribution in [2.75, 3.05) is 0 Å². The highest BCUT2D eigenvalue weighted by atomic mass is 19.3. The van der Waals surface area contributed by atoms with Crippen molar-refractivity contribution in [2.45, 2.75) is 33.0 Å². The van der Waals surface area contributed by atoms with Gasteiger partial charge >= 0.3 is 6.61 Å². The normalized spacial score (nSPS) is 12.4. The summed E-state index contributed by atoms with van der Waals surface area (Å²) < 4.78 is 29.3. The molecular formula is C15H17F2N3O. The van der Waals surface area contributed by atoms with Crippen molar-refractivity contribution in [3.05, 3.63) is 53.6 Å². The Morgan fingerprint density at radius 2 is 1.95 bits per heavy atom. The molecule has 2 rings (SSSR count). The molecule has 1 N–H and O–H groups in total. The Labute approximate surface area is 122 Å². The molecule has 4 nitrogen and oxygen atoms in total. The van der Waals surface area contributed by atoms with Gasteiger partial charge in [0.1, 0.15) is 5.75 Å². The smallest absolute Gasteiger partial charge is 0.387 e. The second-order valence-electron chi connectivity index (χ2n) is 4.67. The number of alkyl halides is 2. The van der Waals surface area contributed by atoms with Crippen molar-refractivity contribution in [2.24, 2.45) is 0 Å². The average Bonchev–Trinajstić information content (AvgIpc) is 2.46. The average molecular weight is 293 g/mol. The Bertz CT molecular complexity index is 575. The van der Waals surface area contributed by atoms with Crippen LogP contribution in [-0.2, 0) is 6.54 Å². The molecule has 0 amide bonds. The van der Waals surface area contributed by atoms with Crippen LogP contribution in [0.5, 0.6) is 5.75 Å². The minimum atomic E-state index is -2.83. The van der Waals surface area contributed by atoms with Crippen LogP contribution >= 0.6 is 0 Å². The van der Waals surface area contributed by atoms with Gasteiger partial charge in [0.15, 0.2) is 0 Å². The van der Waals surface area contributed by atoms with Crippen LogP contribution in [0, 0.1) is 6.92 Å². The second-order valence-corrected chi connectivity index (χ2v) is 4.67. The van der Waals surface area contributed by atoms with E-state index < -0.39 is 6.61 Å². The Hall–Kier alpha value is -2.08. The van der Waals surface area contributed by atoms with Crippen LogP contribution in [0.3, 0.4) is 0 Å². The molecule has 112 valence electrons. The number of ether oxygens (including phenoxy) is 1. The van der Waals surface area contributed by atoms with E-state index in [9.17, 15) is 8.78 Å². The van der Waals surface area contributed by atoms with Gasteiger partial charge in [0.2, 0.25) is 0 Å². The molecule has 1 unspecified atom stereocenters. The summed E-state index contributed by atoms with van der Waals surface area (Å²) in [7, 11) is 0. The van der Waals surface area contributed by atoms with E-state index in [1.165, 1.54) is 6.07 Å². The van der Waals surface area contributed by atoms with Gasteiger partial charge in [-0.05, 0) is 19.9 Å². The predicted octanol–water partition coefficient (Wildman–Crippen LogP) is 3.24. The highest BCUT2D eigenvalue weighted by molar-refractivity contribution is 5.35. The summed E-state index contributed by atoms with van der Waals surface area (Å²) in [6.45, 7) is 1.42. The SMILES string of the molecule is Cc1cnc(CNC(C)c2ccccc2OC(F)F)cn1. The molecule has 0 fully saturated rings. The third-order valence-corrected chi connectivity index (χ3v) is 3.03. The van der Waals surface area contributed by atoms with Gasteiger partial charge in [-0.1, -0.05) is 18.2 Å². The standard InChI is InChI=1S/C15H17F2N3O/c1-10-7-20-12(8-18-10)9-19-11(2)13-5-3-4-6-14(13)21-15(16)17/h3-8,11,15,19H,9H2,1-2H3. The van der Waals surface area contributed by atoms with Gasteiger partial charge in [0, 0.05) is 30.5 Å². The number of para-hydroxylation sites is 1. The van der Waals surface area contributed by atoms with E-state index in [-0.39, 0.29) is 11.8 Å². The van der Waals surface area contributed by atoms with Crippen molar-refractivity contribution >= 4 is 0 Å². The topological polar surface area (TPSA) is 47.0 Å². The van der Waals surface area contributed by atoms with Crippen LogP contribution in [-0.4, -0.2) is 16.6 Å². The maximum atomic E-state index is 12.4. The predicted molar refractivity (Wildman–Crippen MR) is 75.1 cm³/mol. The lowest BCUT2D eigenvalue weighted by Crippen LogP contribution is -2.20. The highest BCUT2D eigenvalue weighted by Crippen LogP contribution is 2.26. The van der Waals surface area contributed by atoms with E-state index in [1.54, 1.807) is 30.6 Å². The molecule has 2 aromatic rings. The minimum absolute atomic E-state index is 0.150. The molecule has 1 atom stereocenters. The van der Waals surface area contributed by atoms with Gasteiger partial charge in [-0.25, -0.2) is 0 Å². The van der Waals surface area contributed by atoms with Gasteiger partial charge in [-0.15, -0.1) is 0 Å². The fourth-order valence-corrected chi connectivity index (χ4v) is 1.92. The summed E-state index contributed by atoms with van der Waals surface area (Å²) in [5, 5.41) is 3.22. The number of aromatic nitrogens is 2. The lowest BCUT2D eigenvalue weighted by Gasteiger charge is -2.17. The molecule has 1 aromatic heterocycles. The third kappa shape index (κ3) is 4.46. The number of halogens is 2. The molecule has 1 aromatic carbocycles. The zero-order chi connectivity index (χ0) is 15.2. The van der Waals surface area contributed by atoms with E-state index in [1.807, 2.05) is 13.8 Å². The first-order valence-corrected chi connectivity index (χ1v) is 6.61. The van der Waals surface area contributed by atoms with Gasteiger partial charge in [0.05, 0.1) is 11.4 Å². The molecular weight excluding hydrogens is 276 g/mol. The lowest BCUT2D eigenvalue weighted by molar-refractivity contribution is -0.0506. The van der Waals surface area contributed by atoms with Gasteiger partial charge < -0.3 is 10.1 Å². The molecule has 0 aliphatic carbocycles. The molecule has 0 saturated carbocycles. The van der Waals surface area contributed by atoms with Crippen molar-refractivity contribution in [1.29, 1.82) is 0 Å². The van der Waals surface area contributed by atoms with Crippen molar-refractivity contribution in [3.8, 4) is 5.75 Å². The van der Waals surface area contributed by atoms with Gasteiger partial charge in [0.25, 0.3) is 0 Å². The largest absolute Gasteiger partial charge is 0.434 e. The number of benzene rings is 1. The van der Waals surface area contributed by atoms with E-state index in [4.69, 9.17) is 0 Å². The van der Waals surface area contributed by atoms with Crippen LogP contribution in [0.15, 0.2) is 36.7 Å². The van der Waals surface area contributed by atoms with E-state index in [0.717, 1.165) is 11.4 Å². The number of hydrogen-bond acceptors (Lipinski definition) is 4. The first-order chi connectivity index (χ1) is 10.1. The zero-order valence-electron chi connectivity index (χ0n) is 11.9. The number of nitrogens with zero attached hydrogens (tertiary/aromatic N) is 2. The fourth-order valence-electron chi connectivity index (χ4n) is 1.92. The summed E-state index contributed by atoms with van der Waals surface area (Å²) in [5.74, 6) is 0.183. The number of rotatable bonds is 6. The first-order valence-electron chi connectivity index (χ1n) is 6.61. The summed E-state index contributed by atoms with van der Waals surface area (Å²) >= 11 is 0. The Morgan fingerprint density at radius 3 is 2.62 bits per heavy atom. The summed E-state index contributed by atoms with van der Waals surface area (Å²) in [6.07, 6.45) is 3.38. The number of nitrogens with one attached hydrogen (secondary N) is 1. The second kappa shape index (κ2) is 7.08. The Kier molecular flexibility index (Phi) is 5.16. The summed E-state index contributed by atoms with van der Waals surface area (Å²) in [5.41, 5.74) is 2.32. The number of aryl methyl sites for hydroxylation is 1. The molecule has 0 spiro atoms. The van der Waals surface area contributed by atoms with Crippen LogP contribution in [0.4, 0.5) is 8.78 Å². The van der Waals surface area contributed by atoms with Crippen LogP contribution in [0.1, 0.15) is 29.9 Å². The van der Waals surface area contributed by atoms with Crippen LogP contribution < -0.4 is 10.1 Å². The quantitative estimate of drug-likeness (QED) is 0.888. The third-order valence-electron chi connectivity index (χ3n) is 3.03. The summed E-state index contributed by atoms with van der Waals surface area (Å²) in [6, 6.07) is 6.60. The maximum absolute atomic E-state index is 12.4. The Morgan fingerprint density at radius 1 is 1.19 bits per heavy atom. The van der Waals surface area contributed by atoms with Crippen LogP contribution in [0.25, 0.3) is 0 Å². The monoisotopic (exact) mass is 293 g/mol.